The normalized spacial score (nSPS) is 20.7. The predicted molar refractivity (Wildman–Crippen MR) is 64.1 cm³/mol. The minimum Gasteiger partial charge on any atom is -0.349 e. The average Bonchev–Trinajstić information content (AvgIpc) is 2.30. The minimum atomic E-state index is 0.622. The lowest BCUT2D eigenvalue weighted by Gasteiger charge is -2.28. The molecular formula is C13H22N2. The molecule has 1 atom stereocenters. The summed E-state index contributed by atoms with van der Waals surface area (Å²) in [6.07, 6.45) is 1.30. The van der Waals surface area contributed by atoms with Crippen molar-refractivity contribution >= 4 is 0 Å². The van der Waals surface area contributed by atoms with Crippen molar-refractivity contribution in [1.82, 2.24) is 9.88 Å². The molecule has 15 heavy (non-hydrogen) atoms. The van der Waals surface area contributed by atoms with Crippen LogP contribution in [-0.2, 0) is 6.54 Å². The summed E-state index contributed by atoms with van der Waals surface area (Å²) in [5, 5.41) is 3.48. The van der Waals surface area contributed by atoms with Crippen LogP contribution in [0.15, 0.2) is 6.07 Å². The molecule has 1 aliphatic rings. The molecule has 1 unspecified atom stereocenters. The summed E-state index contributed by atoms with van der Waals surface area (Å²) in [6, 6.07) is 2.98. The molecule has 84 valence electrons. The Hall–Kier alpha value is -0.760. The Labute approximate surface area is 92.7 Å². The molecule has 0 aliphatic carbocycles. The molecule has 0 amide bonds. The summed E-state index contributed by atoms with van der Waals surface area (Å²) in [5.74, 6) is 0.719. The molecule has 2 nitrogen and oxygen atoms in total. The quantitative estimate of drug-likeness (QED) is 0.804. The SMILES string of the molecule is Cc1cc(C2CCN2)c(C)n1CC(C)C. The van der Waals surface area contributed by atoms with Crippen LogP contribution in [0.3, 0.4) is 0 Å². The molecular weight excluding hydrogens is 184 g/mol. The van der Waals surface area contributed by atoms with Gasteiger partial charge in [0, 0.05) is 24.0 Å². The van der Waals surface area contributed by atoms with Crippen LogP contribution in [0.5, 0.6) is 0 Å². The maximum absolute atomic E-state index is 3.48. The fraction of sp³-hybridized carbons (Fsp3) is 0.692. The van der Waals surface area contributed by atoms with Gasteiger partial charge in [0.1, 0.15) is 0 Å². The minimum absolute atomic E-state index is 0.622. The average molecular weight is 206 g/mol. The first-order chi connectivity index (χ1) is 7.09. The van der Waals surface area contributed by atoms with E-state index in [2.05, 4.69) is 43.6 Å². The summed E-state index contributed by atoms with van der Waals surface area (Å²) >= 11 is 0. The van der Waals surface area contributed by atoms with Gasteiger partial charge in [0.15, 0.2) is 0 Å². The second-order valence-corrected chi connectivity index (χ2v) is 5.13. The molecule has 2 heterocycles. The van der Waals surface area contributed by atoms with Gasteiger partial charge < -0.3 is 9.88 Å². The number of aryl methyl sites for hydroxylation is 1. The van der Waals surface area contributed by atoms with Crippen molar-refractivity contribution in [3.63, 3.8) is 0 Å². The number of rotatable bonds is 3. The van der Waals surface area contributed by atoms with Crippen molar-refractivity contribution in [2.24, 2.45) is 5.92 Å². The van der Waals surface area contributed by atoms with Gasteiger partial charge in [-0.2, -0.15) is 0 Å². The largest absolute Gasteiger partial charge is 0.349 e. The fourth-order valence-electron chi connectivity index (χ4n) is 2.38. The number of nitrogens with zero attached hydrogens (tertiary/aromatic N) is 1. The van der Waals surface area contributed by atoms with Gasteiger partial charge in [0.05, 0.1) is 0 Å². The second kappa shape index (κ2) is 4.01. The van der Waals surface area contributed by atoms with Crippen LogP contribution in [0.4, 0.5) is 0 Å². The molecule has 1 N–H and O–H groups in total. The summed E-state index contributed by atoms with van der Waals surface area (Å²) in [7, 11) is 0. The summed E-state index contributed by atoms with van der Waals surface area (Å²) in [5.41, 5.74) is 4.38. The van der Waals surface area contributed by atoms with E-state index >= 15 is 0 Å². The summed E-state index contributed by atoms with van der Waals surface area (Å²) < 4.78 is 2.46. The number of aromatic nitrogens is 1. The highest BCUT2D eigenvalue weighted by molar-refractivity contribution is 5.31. The third-order valence-corrected chi connectivity index (χ3v) is 3.36. The molecule has 2 heteroatoms. The Morgan fingerprint density at radius 3 is 2.60 bits per heavy atom. The lowest BCUT2D eigenvalue weighted by atomic mass is 9.98. The van der Waals surface area contributed by atoms with Gasteiger partial charge in [-0.3, -0.25) is 0 Å². The van der Waals surface area contributed by atoms with Gasteiger partial charge in [-0.15, -0.1) is 0 Å². The lowest BCUT2D eigenvalue weighted by molar-refractivity contribution is 0.380. The van der Waals surface area contributed by atoms with E-state index in [0.29, 0.717) is 6.04 Å². The molecule has 1 saturated heterocycles. The Morgan fingerprint density at radius 2 is 2.13 bits per heavy atom. The van der Waals surface area contributed by atoms with Crippen LogP contribution in [-0.4, -0.2) is 11.1 Å². The standard InChI is InChI=1S/C13H22N2/c1-9(2)8-15-10(3)7-12(11(15)4)13-5-6-14-13/h7,9,13-14H,5-6,8H2,1-4H3. The fourth-order valence-corrected chi connectivity index (χ4v) is 2.38. The van der Waals surface area contributed by atoms with E-state index in [9.17, 15) is 0 Å². The molecule has 1 aromatic rings. The summed E-state index contributed by atoms with van der Waals surface area (Å²) in [4.78, 5) is 0. The van der Waals surface area contributed by atoms with Gasteiger partial charge in [-0.1, -0.05) is 13.8 Å². The number of hydrogen-bond donors (Lipinski definition) is 1. The van der Waals surface area contributed by atoms with Crippen LogP contribution >= 0.6 is 0 Å². The number of nitrogens with one attached hydrogen (secondary N) is 1. The lowest BCUT2D eigenvalue weighted by Crippen LogP contribution is -2.35. The van der Waals surface area contributed by atoms with E-state index in [1.54, 1.807) is 0 Å². The van der Waals surface area contributed by atoms with Crippen molar-refractivity contribution in [2.75, 3.05) is 6.54 Å². The van der Waals surface area contributed by atoms with E-state index in [1.165, 1.54) is 29.9 Å². The molecule has 0 radical (unpaired) electrons. The molecule has 1 aliphatic heterocycles. The Balaban J connectivity index is 2.26. The van der Waals surface area contributed by atoms with Crippen molar-refractivity contribution in [1.29, 1.82) is 0 Å². The smallest absolute Gasteiger partial charge is 0.0350 e. The highest BCUT2D eigenvalue weighted by Gasteiger charge is 2.23. The first-order valence-electron chi connectivity index (χ1n) is 5.99. The summed E-state index contributed by atoms with van der Waals surface area (Å²) in [6.45, 7) is 11.4. The Morgan fingerprint density at radius 1 is 1.47 bits per heavy atom. The van der Waals surface area contributed by atoms with E-state index in [1.807, 2.05) is 0 Å². The van der Waals surface area contributed by atoms with Gasteiger partial charge in [0.25, 0.3) is 0 Å². The van der Waals surface area contributed by atoms with Gasteiger partial charge >= 0.3 is 0 Å². The maximum atomic E-state index is 3.48. The number of hydrogen-bond acceptors (Lipinski definition) is 1. The van der Waals surface area contributed by atoms with Gasteiger partial charge in [-0.05, 0) is 44.4 Å². The van der Waals surface area contributed by atoms with E-state index in [-0.39, 0.29) is 0 Å². The van der Waals surface area contributed by atoms with Crippen LogP contribution in [0, 0.1) is 19.8 Å². The van der Waals surface area contributed by atoms with E-state index in [0.717, 1.165) is 12.5 Å². The molecule has 0 spiro atoms. The molecule has 0 aromatic carbocycles. The highest BCUT2D eigenvalue weighted by Crippen LogP contribution is 2.28. The van der Waals surface area contributed by atoms with E-state index in [4.69, 9.17) is 0 Å². The molecule has 2 rings (SSSR count). The van der Waals surface area contributed by atoms with Crippen LogP contribution in [0.1, 0.15) is 43.3 Å². The first kappa shape index (κ1) is 10.7. The zero-order valence-electron chi connectivity index (χ0n) is 10.3. The van der Waals surface area contributed by atoms with Crippen molar-refractivity contribution in [3.8, 4) is 0 Å². The van der Waals surface area contributed by atoms with Crippen LogP contribution in [0.2, 0.25) is 0 Å². The van der Waals surface area contributed by atoms with E-state index < -0.39 is 0 Å². The van der Waals surface area contributed by atoms with Crippen molar-refractivity contribution in [3.05, 3.63) is 23.0 Å². The monoisotopic (exact) mass is 206 g/mol. The predicted octanol–water partition coefficient (Wildman–Crippen LogP) is 2.80. The maximum Gasteiger partial charge on any atom is 0.0350 e. The van der Waals surface area contributed by atoms with Crippen molar-refractivity contribution < 1.29 is 0 Å². The third kappa shape index (κ3) is 1.96. The molecule has 1 fully saturated rings. The Bertz CT molecular complexity index is 346. The first-order valence-corrected chi connectivity index (χ1v) is 5.99. The Kier molecular flexibility index (Phi) is 2.87. The van der Waals surface area contributed by atoms with Crippen LogP contribution < -0.4 is 5.32 Å². The second-order valence-electron chi connectivity index (χ2n) is 5.13. The molecule has 0 bridgehead atoms. The molecule has 0 saturated carbocycles. The highest BCUT2D eigenvalue weighted by atomic mass is 15.0. The van der Waals surface area contributed by atoms with Crippen LogP contribution in [0.25, 0.3) is 0 Å². The topological polar surface area (TPSA) is 17.0 Å². The zero-order valence-corrected chi connectivity index (χ0v) is 10.3. The van der Waals surface area contributed by atoms with Gasteiger partial charge in [-0.25, -0.2) is 0 Å². The van der Waals surface area contributed by atoms with Crippen molar-refractivity contribution in [2.45, 2.75) is 46.7 Å². The molecule has 1 aromatic heterocycles. The zero-order chi connectivity index (χ0) is 11.0. The third-order valence-electron chi connectivity index (χ3n) is 3.36. The van der Waals surface area contributed by atoms with Gasteiger partial charge in [0.2, 0.25) is 0 Å².